The number of para-hydroxylation sites is 1. The Kier molecular flexibility index (Phi) is 4.95. The molecule has 5 heteroatoms. The molecule has 0 amide bonds. The van der Waals surface area contributed by atoms with Gasteiger partial charge in [-0.1, -0.05) is 12.1 Å². The highest BCUT2D eigenvalue weighted by Crippen LogP contribution is 2.23. The molecular weight excluding hydrogens is 288 g/mol. The Bertz CT molecular complexity index is 666. The quantitative estimate of drug-likeness (QED) is 0.399. The van der Waals surface area contributed by atoms with Crippen molar-refractivity contribution in [1.82, 2.24) is 0 Å². The Balaban J connectivity index is 2.38. The Morgan fingerprint density at radius 2 is 1.86 bits per heavy atom. The highest BCUT2D eigenvalue weighted by Gasteiger charge is 2.13. The van der Waals surface area contributed by atoms with Crippen molar-refractivity contribution in [3.05, 3.63) is 59.7 Å². The van der Waals surface area contributed by atoms with Gasteiger partial charge in [0, 0.05) is 11.1 Å². The number of amidine groups is 1. The SMILES string of the molecule is COc1ccc(C(=O)c2ccccc2N=C(N)CCl)cc1. The molecule has 2 aromatic carbocycles. The van der Waals surface area contributed by atoms with Crippen LogP contribution in [0.3, 0.4) is 0 Å². The minimum Gasteiger partial charge on any atom is -0.497 e. The van der Waals surface area contributed by atoms with Crippen molar-refractivity contribution in [3.63, 3.8) is 0 Å². The van der Waals surface area contributed by atoms with Gasteiger partial charge in [0.05, 0.1) is 18.7 Å². The number of carbonyl (C=O) groups excluding carboxylic acids is 1. The molecule has 4 nitrogen and oxygen atoms in total. The number of alkyl halides is 1. The van der Waals surface area contributed by atoms with E-state index in [-0.39, 0.29) is 17.5 Å². The average Bonchev–Trinajstić information content (AvgIpc) is 2.54. The zero-order valence-electron chi connectivity index (χ0n) is 11.5. The molecule has 0 spiro atoms. The summed E-state index contributed by atoms with van der Waals surface area (Å²) in [5, 5.41) is 0. The molecule has 0 aliphatic heterocycles. The molecule has 0 saturated carbocycles. The summed E-state index contributed by atoms with van der Waals surface area (Å²) in [6.45, 7) is 0. The Morgan fingerprint density at radius 3 is 2.48 bits per heavy atom. The van der Waals surface area contributed by atoms with Crippen LogP contribution in [0.2, 0.25) is 0 Å². The Labute approximate surface area is 128 Å². The molecule has 0 atom stereocenters. The van der Waals surface area contributed by atoms with E-state index in [1.807, 2.05) is 0 Å². The number of benzene rings is 2. The summed E-state index contributed by atoms with van der Waals surface area (Å²) in [6, 6.07) is 13.9. The number of rotatable bonds is 5. The number of halogens is 1. The summed E-state index contributed by atoms with van der Waals surface area (Å²) in [7, 11) is 1.58. The van der Waals surface area contributed by atoms with Crippen molar-refractivity contribution < 1.29 is 9.53 Å². The number of methoxy groups -OCH3 is 1. The molecule has 108 valence electrons. The van der Waals surface area contributed by atoms with Crippen molar-refractivity contribution >= 4 is 28.9 Å². The van der Waals surface area contributed by atoms with Gasteiger partial charge in [0.1, 0.15) is 11.6 Å². The summed E-state index contributed by atoms with van der Waals surface area (Å²) >= 11 is 5.63. The minimum absolute atomic E-state index is 0.116. The lowest BCUT2D eigenvalue weighted by molar-refractivity contribution is 0.103. The van der Waals surface area contributed by atoms with Crippen LogP contribution in [0.25, 0.3) is 0 Å². The summed E-state index contributed by atoms with van der Waals surface area (Å²) in [5.41, 5.74) is 7.19. The number of ether oxygens (including phenoxy) is 1. The second-order valence-corrected chi connectivity index (χ2v) is 4.58. The van der Waals surface area contributed by atoms with Gasteiger partial charge in [-0.25, -0.2) is 4.99 Å². The second kappa shape index (κ2) is 6.90. The lowest BCUT2D eigenvalue weighted by Gasteiger charge is -2.06. The van der Waals surface area contributed by atoms with Gasteiger partial charge in [0.2, 0.25) is 0 Å². The van der Waals surface area contributed by atoms with Gasteiger partial charge < -0.3 is 10.5 Å². The third kappa shape index (κ3) is 3.61. The van der Waals surface area contributed by atoms with Gasteiger partial charge in [-0.05, 0) is 36.4 Å². The van der Waals surface area contributed by atoms with Crippen molar-refractivity contribution in [3.8, 4) is 5.75 Å². The highest BCUT2D eigenvalue weighted by molar-refractivity contribution is 6.28. The maximum absolute atomic E-state index is 12.6. The van der Waals surface area contributed by atoms with Crippen LogP contribution in [0.5, 0.6) is 5.75 Å². The van der Waals surface area contributed by atoms with Gasteiger partial charge >= 0.3 is 0 Å². The maximum Gasteiger partial charge on any atom is 0.195 e. The second-order valence-electron chi connectivity index (χ2n) is 4.31. The van der Waals surface area contributed by atoms with E-state index < -0.39 is 0 Å². The Morgan fingerprint density at radius 1 is 1.19 bits per heavy atom. The summed E-state index contributed by atoms with van der Waals surface area (Å²) in [5.74, 6) is 0.959. The molecule has 0 heterocycles. The fraction of sp³-hybridized carbons (Fsp3) is 0.125. The van der Waals surface area contributed by atoms with Gasteiger partial charge in [-0.15, -0.1) is 11.6 Å². The fourth-order valence-corrected chi connectivity index (χ4v) is 1.91. The number of carbonyl (C=O) groups is 1. The van der Waals surface area contributed by atoms with E-state index in [0.29, 0.717) is 22.6 Å². The summed E-state index contributed by atoms with van der Waals surface area (Å²) in [6.07, 6.45) is 0. The lowest BCUT2D eigenvalue weighted by Crippen LogP contribution is -2.13. The molecule has 0 unspecified atom stereocenters. The number of aliphatic imine (C=N–C) groups is 1. The number of hydrogen-bond donors (Lipinski definition) is 1. The van der Waals surface area contributed by atoms with Crippen molar-refractivity contribution in [2.24, 2.45) is 10.7 Å². The van der Waals surface area contributed by atoms with Crippen LogP contribution < -0.4 is 10.5 Å². The topological polar surface area (TPSA) is 64.7 Å². The molecule has 2 rings (SSSR count). The fourth-order valence-electron chi connectivity index (χ4n) is 1.85. The van der Waals surface area contributed by atoms with Gasteiger partial charge in [-0.3, -0.25) is 4.79 Å². The molecule has 0 aliphatic rings. The van der Waals surface area contributed by atoms with E-state index in [2.05, 4.69) is 4.99 Å². The minimum atomic E-state index is -0.126. The normalized spacial score (nSPS) is 11.2. The first kappa shape index (κ1) is 15.1. The number of hydrogen-bond acceptors (Lipinski definition) is 3. The molecule has 21 heavy (non-hydrogen) atoms. The summed E-state index contributed by atoms with van der Waals surface area (Å²) < 4.78 is 5.08. The average molecular weight is 303 g/mol. The molecule has 0 radical (unpaired) electrons. The maximum atomic E-state index is 12.6. The van der Waals surface area contributed by atoms with Crippen LogP contribution in [0, 0.1) is 0 Å². The Hall–Kier alpha value is -2.33. The number of nitrogens with zero attached hydrogens (tertiary/aromatic N) is 1. The smallest absolute Gasteiger partial charge is 0.195 e. The molecule has 2 N–H and O–H groups in total. The van der Waals surface area contributed by atoms with E-state index >= 15 is 0 Å². The van der Waals surface area contributed by atoms with Crippen LogP contribution in [0.15, 0.2) is 53.5 Å². The first-order chi connectivity index (χ1) is 10.2. The summed E-state index contributed by atoms with van der Waals surface area (Å²) in [4.78, 5) is 16.7. The van der Waals surface area contributed by atoms with Crippen LogP contribution in [-0.2, 0) is 0 Å². The first-order valence-electron chi connectivity index (χ1n) is 6.32. The zero-order valence-corrected chi connectivity index (χ0v) is 12.3. The molecule has 0 bridgehead atoms. The van der Waals surface area contributed by atoms with Crippen molar-refractivity contribution in [1.29, 1.82) is 0 Å². The van der Waals surface area contributed by atoms with Crippen LogP contribution >= 0.6 is 11.6 Å². The van der Waals surface area contributed by atoms with Crippen LogP contribution in [0.4, 0.5) is 5.69 Å². The van der Waals surface area contributed by atoms with Crippen LogP contribution in [-0.4, -0.2) is 24.6 Å². The third-order valence-electron chi connectivity index (χ3n) is 2.90. The molecule has 0 saturated heterocycles. The van der Waals surface area contributed by atoms with Gasteiger partial charge in [0.25, 0.3) is 0 Å². The van der Waals surface area contributed by atoms with Gasteiger partial charge in [-0.2, -0.15) is 0 Å². The largest absolute Gasteiger partial charge is 0.497 e. The molecule has 0 aromatic heterocycles. The van der Waals surface area contributed by atoms with Gasteiger partial charge in [0.15, 0.2) is 5.78 Å². The molecule has 2 aromatic rings. The molecule has 0 aliphatic carbocycles. The van der Waals surface area contributed by atoms with E-state index in [4.69, 9.17) is 22.1 Å². The van der Waals surface area contributed by atoms with E-state index in [1.165, 1.54) is 0 Å². The highest BCUT2D eigenvalue weighted by atomic mass is 35.5. The van der Waals surface area contributed by atoms with Crippen molar-refractivity contribution in [2.75, 3.05) is 13.0 Å². The van der Waals surface area contributed by atoms with Crippen LogP contribution in [0.1, 0.15) is 15.9 Å². The lowest BCUT2D eigenvalue weighted by atomic mass is 10.0. The van der Waals surface area contributed by atoms with E-state index in [1.54, 1.807) is 55.6 Å². The van der Waals surface area contributed by atoms with E-state index in [9.17, 15) is 4.79 Å². The predicted octanol–water partition coefficient (Wildman–Crippen LogP) is 3.15. The van der Waals surface area contributed by atoms with Crippen molar-refractivity contribution in [2.45, 2.75) is 0 Å². The standard InChI is InChI=1S/C16H15ClN2O2/c1-21-12-8-6-11(7-9-12)16(20)13-4-2-3-5-14(13)19-15(18)10-17/h2-9H,10H2,1H3,(H2,18,19). The first-order valence-corrected chi connectivity index (χ1v) is 6.86. The molecule has 0 fully saturated rings. The third-order valence-corrected chi connectivity index (χ3v) is 3.18. The monoisotopic (exact) mass is 302 g/mol. The number of nitrogens with two attached hydrogens (primary N) is 1. The zero-order chi connectivity index (χ0) is 15.2. The number of ketones is 1. The molecular formula is C16H15ClN2O2. The predicted molar refractivity (Wildman–Crippen MR) is 84.9 cm³/mol. The van der Waals surface area contributed by atoms with E-state index in [0.717, 1.165) is 0 Å².